The highest BCUT2D eigenvalue weighted by Gasteiger charge is 2.16. The summed E-state index contributed by atoms with van der Waals surface area (Å²) in [6.07, 6.45) is 1.61. The van der Waals surface area contributed by atoms with Gasteiger partial charge in [0.2, 0.25) is 0 Å². The molecule has 1 aromatic carbocycles. The summed E-state index contributed by atoms with van der Waals surface area (Å²) in [6.45, 7) is 4.16. The first kappa shape index (κ1) is 13.1. The van der Waals surface area contributed by atoms with Gasteiger partial charge >= 0.3 is 0 Å². The van der Waals surface area contributed by atoms with Gasteiger partial charge < -0.3 is 5.32 Å². The van der Waals surface area contributed by atoms with Crippen LogP contribution in [-0.2, 0) is 6.42 Å². The summed E-state index contributed by atoms with van der Waals surface area (Å²) in [5.41, 5.74) is 0.593. The standard InChI is InChI=1S/C13H19F2N/c1-4-10(9(2)16-3)7-11-5-6-12(14)8-13(11)15/h5-6,8-10,16H,4,7H2,1-3H3. The molecule has 0 heterocycles. The van der Waals surface area contributed by atoms with E-state index in [1.54, 1.807) is 0 Å². The molecule has 0 saturated carbocycles. The minimum absolute atomic E-state index is 0.328. The van der Waals surface area contributed by atoms with Gasteiger partial charge in [-0.3, -0.25) is 0 Å². The van der Waals surface area contributed by atoms with Crippen molar-refractivity contribution in [1.82, 2.24) is 5.32 Å². The highest BCUT2D eigenvalue weighted by Crippen LogP contribution is 2.19. The molecule has 1 aromatic rings. The molecular formula is C13H19F2N. The first-order valence-corrected chi connectivity index (χ1v) is 5.69. The van der Waals surface area contributed by atoms with Crippen molar-refractivity contribution in [3.63, 3.8) is 0 Å². The van der Waals surface area contributed by atoms with Gasteiger partial charge in [-0.1, -0.05) is 19.4 Å². The van der Waals surface area contributed by atoms with Crippen LogP contribution in [0.3, 0.4) is 0 Å². The molecule has 0 aromatic heterocycles. The van der Waals surface area contributed by atoms with Crippen molar-refractivity contribution in [1.29, 1.82) is 0 Å². The number of halogens is 2. The van der Waals surface area contributed by atoms with Crippen LogP contribution in [0.1, 0.15) is 25.8 Å². The lowest BCUT2D eigenvalue weighted by Gasteiger charge is -2.22. The minimum atomic E-state index is -0.518. The summed E-state index contributed by atoms with van der Waals surface area (Å²) >= 11 is 0. The summed E-state index contributed by atoms with van der Waals surface area (Å²) in [4.78, 5) is 0. The zero-order chi connectivity index (χ0) is 12.1. The molecule has 0 fully saturated rings. The fourth-order valence-electron chi connectivity index (χ4n) is 1.88. The number of hydrogen-bond acceptors (Lipinski definition) is 1. The lowest BCUT2D eigenvalue weighted by molar-refractivity contribution is 0.376. The van der Waals surface area contributed by atoms with Crippen LogP contribution in [0.2, 0.25) is 0 Å². The molecule has 90 valence electrons. The summed E-state index contributed by atoms with van der Waals surface area (Å²) in [5, 5.41) is 3.17. The maximum Gasteiger partial charge on any atom is 0.129 e. The first-order chi connectivity index (χ1) is 7.58. The fourth-order valence-corrected chi connectivity index (χ4v) is 1.88. The van der Waals surface area contributed by atoms with Crippen molar-refractivity contribution in [2.75, 3.05) is 7.05 Å². The Morgan fingerprint density at radius 2 is 2.00 bits per heavy atom. The first-order valence-electron chi connectivity index (χ1n) is 5.69. The molecule has 0 spiro atoms. The van der Waals surface area contributed by atoms with Gasteiger partial charge in [-0.15, -0.1) is 0 Å². The molecule has 16 heavy (non-hydrogen) atoms. The molecule has 2 atom stereocenters. The molecule has 0 aliphatic rings. The minimum Gasteiger partial charge on any atom is -0.317 e. The maximum atomic E-state index is 13.5. The van der Waals surface area contributed by atoms with E-state index in [0.717, 1.165) is 12.5 Å². The SMILES string of the molecule is CCC(Cc1ccc(F)cc1F)C(C)NC. The van der Waals surface area contributed by atoms with E-state index in [-0.39, 0.29) is 0 Å². The van der Waals surface area contributed by atoms with Gasteiger partial charge in [0.15, 0.2) is 0 Å². The molecule has 3 heteroatoms. The van der Waals surface area contributed by atoms with Gasteiger partial charge in [0.25, 0.3) is 0 Å². The number of nitrogens with one attached hydrogen (secondary N) is 1. The lowest BCUT2D eigenvalue weighted by atomic mass is 9.90. The molecule has 2 unspecified atom stereocenters. The van der Waals surface area contributed by atoms with Crippen molar-refractivity contribution in [2.45, 2.75) is 32.7 Å². The monoisotopic (exact) mass is 227 g/mol. The van der Waals surface area contributed by atoms with E-state index < -0.39 is 11.6 Å². The second-order valence-electron chi connectivity index (χ2n) is 4.19. The van der Waals surface area contributed by atoms with Crippen LogP contribution < -0.4 is 5.32 Å². The normalized spacial score (nSPS) is 14.8. The van der Waals surface area contributed by atoms with E-state index in [1.165, 1.54) is 12.1 Å². The molecular weight excluding hydrogens is 208 g/mol. The Kier molecular flexibility index (Phi) is 4.87. The maximum absolute atomic E-state index is 13.5. The van der Waals surface area contributed by atoms with Crippen LogP contribution in [0.25, 0.3) is 0 Å². The lowest BCUT2D eigenvalue weighted by Crippen LogP contribution is -2.31. The quantitative estimate of drug-likeness (QED) is 0.814. The van der Waals surface area contributed by atoms with Gasteiger partial charge in [0.1, 0.15) is 11.6 Å². The van der Waals surface area contributed by atoms with Crippen LogP contribution >= 0.6 is 0 Å². The van der Waals surface area contributed by atoms with Gasteiger partial charge in [0, 0.05) is 12.1 Å². The Bertz CT molecular complexity index is 339. The van der Waals surface area contributed by atoms with Gasteiger partial charge in [-0.2, -0.15) is 0 Å². The molecule has 1 N–H and O–H groups in total. The average molecular weight is 227 g/mol. The molecule has 1 nitrogen and oxygen atoms in total. The van der Waals surface area contributed by atoms with E-state index >= 15 is 0 Å². The van der Waals surface area contributed by atoms with E-state index in [0.29, 0.717) is 23.9 Å². The topological polar surface area (TPSA) is 12.0 Å². The van der Waals surface area contributed by atoms with Crippen molar-refractivity contribution < 1.29 is 8.78 Å². The third-order valence-corrected chi connectivity index (χ3v) is 3.18. The third kappa shape index (κ3) is 3.27. The predicted molar refractivity (Wildman–Crippen MR) is 62.4 cm³/mol. The zero-order valence-corrected chi connectivity index (χ0v) is 10.1. The average Bonchev–Trinajstić information content (AvgIpc) is 2.27. The predicted octanol–water partition coefficient (Wildman–Crippen LogP) is 3.14. The van der Waals surface area contributed by atoms with Gasteiger partial charge in [-0.25, -0.2) is 8.78 Å². The molecule has 0 bridgehead atoms. The van der Waals surface area contributed by atoms with Gasteiger partial charge in [0.05, 0.1) is 0 Å². The summed E-state index contributed by atoms with van der Waals surface area (Å²) in [5.74, 6) is -0.595. The van der Waals surface area contributed by atoms with Crippen LogP contribution in [0.15, 0.2) is 18.2 Å². The molecule has 0 radical (unpaired) electrons. The smallest absolute Gasteiger partial charge is 0.129 e. The largest absolute Gasteiger partial charge is 0.317 e. The van der Waals surface area contributed by atoms with Gasteiger partial charge in [-0.05, 0) is 37.9 Å². The van der Waals surface area contributed by atoms with E-state index in [2.05, 4.69) is 19.2 Å². The number of rotatable bonds is 5. The zero-order valence-electron chi connectivity index (χ0n) is 10.1. The highest BCUT2D eigenvalue weighted by molar-refractivity contribution is 5.19. The van der Waals surface area contributed by atoms with E-state index in [9.17, 15) is 8.78 Å². The van der Waals surface area contributed by atoms with E-state index in [1.807, 2.05) is 7.05 Å². The highest BCUT2D eigenvalue weighted by atomic mass is 19.1. The summed E-state index contributed by atoms with van der Waals surface area (Å²) < 4.78 is 26.2. The molecule has 1 rings (SSSR count). The Labute approximate surface area is 95.9 Å². The molecule has 0 amide bonds. The van der Waals surface area contributed by atoms with Crippen molar-refractivity contribution in [3.05, 3.63) is 35.4 Å². The van der Waals surface area contributed by atoms with E-state index in [4.69, 9.17) is 0 Å². The van der Waals surface area contributed by atoms with Crippen LogP contribution in [-0.4, -0.2) is 13.1 Å². The Hall–Kier alpha value is -0.960. The Balaban J connectivity index is 2.78. The van der Waals surface area contributed by atoms with Crippen LogP contribution in [0.5, 0.6) is 0 Å². The Morgan fingerprint density at radius 1 is 1.31 bits per heavy atom. The van der Waals surface area contributed by atoms with Crippen LogP contribution in [0, 0.1) is 17.6 Å². The molecule has 0 aliphatic carbocycles. The summed E-state index contributed by atoms with van der Waals surface area (Å²) in [7, 11) is 1.90. The Morgan fingerprint density at radius 3 is 2.50 bits per heavy atom. The fraction of sp³-hybridized carbons (Fsp3) is 0.538. The molecule has 0 aliphatic heterocycles. The second-order valence-corrected chi connectivity index (χ2v) is 4.19. The van der Waals surface area contributed by atoms with Crippen molar-refractivity contribution in [3.8, 4) is 0 Å². The number of benzene rings is 1. The summed E-state index contributed by atoms with van der Waals surface area (Å²) in [6, 6.07) is 4.13. The van der Waals surface area contributed by atoms with Crippen LogP contribution in [0.4, 0.5) is 8.78 Å². The molecule has 0 saturated heterocycles. The third-order valence-electron chi connectivity index (χ3n) is 3.18. The van der Waals surface area contributed by atoms with Crippen molar-refractivity contribution >= 4 is 0 Å². The second kappa shape index (κ2) is 5.94. The van der Waals surface area contributed by atoms with Crippen molar-refractivity contribution in [2.24, 2.45) is 5.92 Å². The number of hydrogen-bond donors (Lipinski definition) is 1.